The summed E-state index contributed by atoms with van der Waals surface area (Å²) in [5.74, 6) is 0.375. The first-order valence-electron chi connectivity index (χ1n) is 9.17. The van der Waals surface area contributed by atoms with E-state index in [1.807, 2.05) is 12.1 Å². The molecule has 0 atom stereocenters. The number of ether oxygens (including phenoxy) is 1. The van der Waals surface area contributed by atoms with Gasteiger partial charge in [-0.1, -0.05) is 12.1 Å². The van der Waals surface area contributed by atoms with Crippen LogP contribution < -0.4 is 10.1 Å². The van der Waals surface area contributed by atoms with E-state index < -0.39 is 17.6 Å². The quantitative estimate of drug-likeness (QED) is 0.564. The first kappa shape index (κ1) is 21.3. The average molecular weight is 416 g/mol. The van der Waals surface area contributed by atoms with Crippen LogP contribution in [0, 0.1) is 0 Å². The third-order valence-electron chi connectivity index (χ3n) is 4.24. The smallest absolute Gasteiger partial charge is 0.416 e. The van der Waals surface area contributed by atoms with Gasteiger partial charge in [0, 0.05) is 18.2 Å². The Bertz CT molecular complexity index is 971. The van der Waals surface area contributed by atoms with Crippen LogP contribution in [0.2, 0.25) is 0 Å². The lowest BCUT2D eigenvalue weighted by Gasteiger charge is -2.09. The van der Waals surface area contributed by atoms with Gasteiger partial charge in [-0.3, -0.25) is 4.79 Å². The number of nitrogens with zero attached hydrogens (tertiary/aromatic N) is 1. The normalized spacial score (nSPS) is 11.2. The van der Waals surface area contributed by atoms with E-state index in [1.54, 1.807) is 24.3 Å². The van der Waals surface area contributed by atoms with Crippen LogP contribution in [0.3, 0.4) is 0 Å². The van der Waals surface area contributed by atoms with Crippen LogP contribution in [-0.4, -0.2) is 22.6 Å². The zero-order valence-corrected chi connectivity index (χ0v) is 15.8. The largest absolute Gasteiger partial charge is 0.439 e. The third kappa shape index (κ3) is 5.81. The van der Waals surface area contributed by atoms with Gasteiger partial charge in [0.05, 0.1) is 17.4 Å². The summed E-state index contributed by atoms with van der Waals surface area (Å²) in [5, 5.41) is 11.4. The zero-order valence-electron chi connectivity index (χ0n) is 15.8. The Hall–Kier alpha value is -3.39. The van der Waals surface area contributed by atoms with Gasteiger partial charge in [0.1, 0.15) is 5.75 Å². The van der Waals surface area contributed by atoms with Crippen molar-refractivity contribution in [2.75, 3.05) is 11.9 Å². The lowest BCUT2D eigenvalue weighted by atomic mass is 10.1. The topological polar surface area (TPSA) is 71.5 Å². The standard InChI is InChI=1S/C22H19F3N2O3/c23-22(24,25)17-7-5-16(6-8-17)21(29)27-18-9-12-20(26-14-18)30-19-10-3-15(4-11-19)2-1-13-28/h3-12,14,28H,1-2,13H2,(H,27,29). The van der Waals surface area contributed by atoms with Gasteiger partial charge in [-0.05, 0) is 60.9 Å². The van der Waals surface area contributed by atoms with E-state index in [-0.39, 0.29) is 12.2 Å². The zero-order chi connectivity index (χ0) is 21.6. The summed E-state index contributed by atoms with van der Waals surface area (Å²) in [5.41, 5.74) is 0.755. The molecule has 2 aromatic carbocycles. The van der Waals surface area contributed by atoms with Gasteiger partial charge in [-0.2, -0.15) is 13.2 Å². The number of amides is 1. The van der Waals surface area contributed by atoms with E-state index >= 15 is 0 Å². The molecule has 0 spiro atoms. The van der Waals surface area contributed by atoms with Gasteiger partial charge >= 0.3 is 6.18 Å². The highest BCUT2D eigenvalue weighted by molar-refractivity contribution is 6.04. The molecule has 8 heteroatoms. The van der Waals surface area contributed by atoms with Crippen LogP contribution in [0.5, 0.6) is 11.6 Å². The van der Waals surface area contributed by atoms with Crippen LogP contribution in [0.1, 0.15) is 27.9 Å². The van der Waals surface area contributed by atoms with Crippen molar-refractivity contribution in [2.45, 2.75) is 19.0 Å². The Morgan fingerprint density at radius 3 is 2.27 bits per heavy atom. The van der Waals surface area contributed by atoms with E-state index in [0.29, 0.717) is 23.7 Å². The van der Waals surface area contributed by atoms with Crippen molar-refractivity contribution in [3.05, 3.63) is 83.6 Å². The highest BCUT2D eigenvalue weighted by atomic mass is 19.4. The molecule has 5 nitrogen and oxygen atoms in total. The first-order valence-corrected chi connectivity index (χ1v) is 9.17. The van der Waals surface area contributed by atoms with Gasteiger partial charge in [-0.25, -0.2) is 4.98 Å². The minimum Gasteiger partial charge on any atom is -0.439 e. The van der Waals surface area contributed by atoms with E-state index in [1.165, 1.54) is 6.20 Å². The second-order valence-electron chi connectivity index (χ2n) is 6.49. The summed E-state index contributed by atoms with van der Waals surface area (Å²) < 4.78 is 43.5. The molecule has 1 aromatic heterocycles. The number of alkyl halides is 3. The minimum absolute atomic E-state index is 0.101. The van der Waals surface area contributed by atoms with Crippen LogP contribution >= 0.6 is 0 Å². The van der Waals surface area contributed by atoms with Crippen molar-refractivity contribution >= 4 is 11.6 Å². The summed E-state index contributed by atoms with van der Waals surface area (Å²) in [6.07, 6.45) is -1.58. The number of pyridine rings is 1. The van der Waals surface area contributed by atoms with Gasteiger partial charge in [0.2, 0.25) is 5.88 Å². The maximum atomic E-state index is 12.6. The minimum atomic E-state index is -4.45. The molecule has 1 heterocycles. The van der Waals surface area contributed by atoms with Gasteiger partial charge in [-0.15, -0.1) is 0 Å². The van der Waals surface area contributed by atoms with Crippen molar-refractivity contribution in [3.63, 3.8) is 0 Å². The molecule has 0 saturated carbocycles. The highest BCUT2D eigenvalue weighted by Gasteiger charge is 2.30. The monoisotopic (exact) mass is 416 g/mol. The molecule has 2 N–H and O–H groups in total. The van der Waals surface area contributed by atoms with Gasteiger partial charge in [0.15, 0.2) is 0 Å². The number of aromatic nitrogens is 1. The Morgan fingerprint density at radius 2 is 1.70 bits per heavy atom. The number of aliphatic hydroxyl groups excluding tert-OH is 1. The summed E-state index contributed by atoms with van der Waals surface area (Å²) in [6.45, 7) is 0.143. The lowest BCUT2D eigenvalue weighted by molar-refractivity contribution is -0.137. The summed E-state index contributed by atoms with van der Waals surface area (Å²) in [6, 6.07) is 14.5. The number of rotatable bonds is 7. The number of anilines is 1. The number of carbonyl (C=O) groups is 1. The van der Waals surface area contributed by atoms with E-state index in [2.05, 4.69) is 10.3 Å². The summed E-state index contributed by atoms with van der Waals surface area (Å²) in [7, 11) is 0. The fourth-order valence-electron chi connectivity index (χ4n) is 2.66. The molecule has 0 aliphatic carbocycles. The Balaban J connectivity index is 1.58. The van der Waals surface area contributed by atoms with Crippen molar-refractivity contribution in [1.82, 2.24) is 4.98 Å². The average Bonchev–Trinajstić information content (AvgIpc) is 2.74. The Morgan fingerprint density at radius 1 is 1.00 bits per heavy atom. The van der Waals surface area contributed by atoms with Crippen LogP contribution in [-0.2, 0) is 12.6 Å². The number of hydrogen-bond acceptors (Lipinski definition) is 4. The summed E-state index contributed by atoms with van der Waals surface area (Å²) in [4.78, 5) is 16.3. The third-order valence-corrected chi connectivity index (χ3v) is 4.24. The molecular formula is C22H19F3N2O3. The second kappa shape index (κ2) is 9.41. The van der Waals surface area contributed by atoms with Crippen molar-refractivity contribution in [1.29, 1.82) is 0 Å². The predicted molar refractivity (Wildman–Crippen MR) is 106 cm³/mol. The molecule has 30 heavy (non-hydrogen) atoms. The number of aliphatic hydroxyl groups is 1. The van der Waals surface area contributed by atoms with Crippen LogP contribution in [0.4, 0.5) is 18.9 Å². The van der Waals surface area contributed by atoms with E-state index in [0.717, 1.165) is 36.2 Å². The molecule has 0 fully saturated rings. The predicted octanol–water partition coefficient (Wildman–Crippen LogP) is 5.07. The number of benzene rings is 2. The molecule has 3 rings (SSSR count). The van der Waals surface area contributed by atoms with E-state index in [4.69, 9.17) is 9.84 Å². The van der Waals surface area contributed by atoms with Crippen LogP contribution in [0.25, 0.3) is 0 Å². The van der Waals surface area contributed by atoms with Crippen LogP contribution in [0.15, 0.2) is 66.9 Å². The molecular weight excluding hydrogens is 397 g/mol. The van der Waals surface area contributed by atoms with E-state index in [9.17, 15) is 18.0 Å². The Kier molecular flexibility index (Phi) is 6.68. The number of nitrogens with one attached hydrogen (secondary N) is 1. The molecule has 1 amide bonds. The number of aryl methyl sites for hydroxylation is 1. The number of hydrogen-bond donors (Lipinski definition) is 2. The second-order valence-corrected chi connectivity index (χ2v) is 6.49. The molecule has 156 valence electrons. The van der Waals surface area contributed by atoms with Gasteiger partial charge in [0.25, 0.3) is 5.91 Å². The molecule has 0 unspecified atom stereocenters. The molecule has 0 radical (unpaired) electrons. The lowest BCUT2D eigenvalue weighted by Crippen LogP contribution is -2.13. The van der Waals surface area contributed by atoms with Gasteiger partial charge < -0.3 is 15.2 Å². The molecule has 3 aromatic rings. The fourth-order valence-corrected chi connectivity index (χ4v) is 2.66. The Labute approximate surface area is 171 Å². The highest BCUT2D eigenvalue weighted by Crippen LogP contribution is 2.29. The number of halogens is 3. The number of carbonyl (C=O) groups excluding carboxylic acids is 1. The summed E-state index contributed by atoms with van der Waals surface area (Å²) >= 11 is 0. The molecule has 0 aliphatic rings. The maximum Gasteiger partial charge on any atom is 0.416 e. The van der Waals surface area contributed by atoms with Crippen molar-refractivity contribution in [3.8, 4) is 11.6 Å². The van der Waals surface area contributed by atoms with Crippen molar-refractivity contribution in [2.24, 2.45) is 0 Å². The SMILES string of the molecule is O=C(Nc1ccc(Oc2ccc(CCCO)cc2)nc1)c1ccc(C(F)(F)F)cc1. The first-order chi connectivity index (χ1) is 14.3. The molecule has 0 bridgehead atoms. The molecule has 0 aliphatic heterocycles. The van der Waals surface area contributed by atoms with Crippen molar-refractivity contribution < 1.29 is 27.8 Å². The maximum absolute atomic E-state index is 12.6. The fraction of sp³-hybridized carbons (Fsp3) is 0.182. The molecule has 0 saturated heterocycles.